The lowest BCUT2D eigenvalue weighted by Crippen LogP contribution is -2.36. The number of aryl methyl sites for hydroxylation is 1. The number of aliphatic hydroxyl groups excluding tert-OH is 1. The number of pyridine rings is 1. The number of aliphatic hydroxyl groups is 1. The minimum Gasteiger partial charge on any atom is -0.385 e. The van der Waals surface area contributed by atoms with Gasteiger partial charge in [0.25, 0.3) is 0 Å². The summed E-state index contributed by atoms with van der Waals surface area (Å²) in [4.78, 5) is 10.6. The average Bonchev–Trinajstić information content (AvgIpc) is 3.06. The van der Waals surface area contributed by atoms with E-state index in [2.05, 4.69) is 14.9 Å². The fourth-order valence-corrected chi connectivity index (χ4v) is 4.44. The molecule has 1 fully saturated rings. The molecule has 0 aliphatic carbocycles. The summed E-state index contributed by atoms with van der Waals surface area (Å²) in [6.07, 6.45) is 6.30. The highest BCUT2D eigenvalue weighted by atomic mass is 32.2. The lowest BCUT2D eigenvalue weighted by atomic mass is 9.90. The van der Waals surface area contributed by atoms with Crippen molar-refractivity contribution in [3.63, 3.8) is 0 Å². The highest BCUT2D eigenvalue weighted by molar-refractivity contribution is 7.92. The number of imidazole rings is 1. The summed E-state index contributed by atoms with van der Waals surface area (Å²) in [5.74, 6) is 0.864. The zero-order valence-electron chi connectivity index (χ0n) is 16.3. The Morgan fingerprint density at radius 3 is 2.33 bits per heavy atom. The summed E-state index contributed by atoms with van der Waals surface area (Å²) in [5, 5.41) is 10.7. The number of sulfone groups is 1. The van der Waals surface area contributed by atoms with Crippen LogP contribution in [0.4, 0.5) is 5.69 Å². The average molecular weight is 393 g/mol. The van der Waals surface area contributed by atoms with Crippen LogP contribution in [0.5, 0.6) is 0 Å². The standard InChI is InChI=1S/C19H28N4O3S/c1-19(2,3)27(25,26)16-6-5-15(13-21-16)23-10-7-14(8-11-23)17(24)18-20-9-12-22(18)4/h5-6,9,12-14,17,24H,7-8,10-11H2,1-4H3. The molecule has 1 aliphatic heterocycles. The van der Waals surface area contributed by atoms with Crippen LogP contribution in [-0.4, -0.2) is 45.9 Å². The molecule has 148 valence electrons. The summed E-state index contributed by atoms with van der Waals surface area (Å²) in [6.45, 7) is 6.61. The van der Waals surface area contributed by atoms with E-state index >= 15 is 0 Å². The van der Waals surface area contributed by atoms with Gasteiger partial charge in [-0.3, -0.25) is 0 Å². The molecule has 7 nitrogen and oxygen atoms in total. The van der Waals surface area contributed by atoms with Crippen molar-refractivity contribution in [1.29, 1.82) is 0 Å². The van der Waals surface area contributed by atoms with E-state index in [1.807, 2.05) is 23.9 Å². The summed E-state index contributed by atoms with van der Waals surface area (Å²) in [5.41, 5.74) is 0.910. The Morgan fingerprint density at radius 1 is 1.19 bits per heavy atom. The quantitative estimate of drug-likeness (QED) is 0.859. The molecule has 0 spiro atoms. The molecule has 1 unspecified atom stereocenters. The zero-order valence-corrected chi connectivity index (χ0v) is 17.1. The first-order chi connectivity index (χ1) is 12.6. The first kappa shape index (κ1) is 19.8. The molecule has 0 amide bonds. The summed E-state index contributed by atoms with van der Waals surface area (Å²) >= 11 is 0. The lowest BCUT2D eigenvalue weighted by molar-refractivity contribution is 0.0825. The Balaban J connectivity index is 1.66. The van der Waals surface area contributed by atoms with Gasteiger partial charge in [-0.05, 0) is 51.7 Å². The van der Waals surface area contributed by atoms with Crippen molar-refractivity contribution in [1.82, 2.24) is 14.5 Å². The molecule has 2 aromatic heterocycles. The van der Waals surface area contributed by atoms with Crippen molar-refractivity contribution in [3.8, 4) is 0 Å². The molecule has 1 atom stereocenters. The van der Waals surface area contributed by atoms with Crippen LogP contribution in [0.1, 0.15) is 45.5 Å². The Bertz CT molecular complexity index is 876. The van der Waals surface area contributed by atoms with Crippen LogP contribution < -0.4 is 4.90 Å². The molecule has 0 radical (unpaired) electrons. The van der Waals surface area contributed by atoms with E-state index in [9.17, 15) is 13.5 Å². The summed E-state index contributed by atoms with van der Waals surface area (Å²) < 4.78 is 26.0. The third-order valence-electron chi connectivity index (χ3n) is 5.28. The van der Waals surface area contributed by atoms with Crippen LogP contribution in [0.15, 0.2) is 35.7 Å². The van der Waals surface area contributed by atoms with Crippen molar-refractivity contribution in [3.05, 3.63) is 36.5 Å². The second-order valence-corrected chi connectivity index (χ2v) is 10.8. The molecule has 8 heteroatoms. The van der Waals surface area contributed by atoms with E-state index in [-0.39, 0.29) is 10.9 Å². The number of anilines is 1. The number of aromatic nitrogens is 3. The molecule has 0 saturated carbocycles. The van der Waals surface area contributed by atoms with E-state index in [1.165, 1.54) is 0 Å². The normalized spacial score (nSPS) is 17.9. The minimum absolute atomic E-state index is 0.110. The monoisotopic (exact) mass is 392 g/mol. The van der Waals surface area contributed by atoms with Crippen LogP contribution in [0.3, 0.4) is 0 Å². The van der Waals surface area contributed by atoms with Crippen LogP contribution >= 0.6 is 0 Å². The lowest BCUT2D eigenvalue weighted by Gasteiger charge is -2.35. The van der Waals surface area contributed by atoms with Gasteiger partial charge in [-0.15, -0.1) is 0 Å². The molecular formula is C19H28N4O3S. The molecule has 1 aliphatic rings. The van der Waals surface area contributed by atoms with Gasteiger partial charge in [0.15, 0.2) is 14.9 Å². The third kappa shape index (κ3) is 3.87. The van der Waals surface area contributed by atoms with Crippen LogP contribution in [0.2, 0.25) is 0 Å². The molecule has 27 heavy (non-hydrogen) atoms. The number of rotatable bonds is 4. The predicted octanol–water partition coefficient (Wildman–Crippen LogP) is 2.34. The molecule has 0 aromatic carbocycles. The first-order valence-electron chi connectivity index (χ1n) is 9.22. The predicted molar refractivity (Wildman–Crippen MR) is 104 cm³/mol. The molecule has 2 aromatic rings. The zero-order chi connectivity index (χ0) is 19.8. The SMILES string of the molecule is Cn1ccnc1C(O)C1CCN(c2ccc(S(=O)(=O)C(C)(C)C)nc2)CC1. The molecule has 1 saturated heterocycles. The molecular weight excluding hydrogens is 364 g/mol. The van der Waals surface area contributed by atoms with Crippen LogP contribution in [0, 0.1) is 5.92 Å². The molecule has 0 bridgehead atoms. The van der Waals surface area contributed by atoms with E-state index in [4.69, 9.17) is 0 Å². The maximum absolute atomic E-state index is 12.5. The Morgan fingerprint density at radius 2 is 1.85 bits per heavy atom. The van der Waals surface area contributed by atoms with Crippen molar-refractivity contribution in [2.24, 2.45) is 13.0 Å². The van der Waals surface area contributed by atoms with E-state index in [1.54, 1.807) is 39.2 Å². The van der Waals surface area contributed by atoms with Gasteiger partial charge in [0.1, 0.15) is 11.9 Å². The van der Waals surface area contributed by atoms with E-state index in [0.29, 0.717) is 5.82 Å². The fraction of sp³-hybridized carbons (Fsp3) is 0.579. The van der Waals surface area contributed by atoms with E-state index in [0.717, 1.165) is 31.6 Å². The van der Waals surface area contributed by atoms with Crippen LogP contribution in [-0.2, 0) is 16.9 Å². The van der Waals surface area contributed by atoms with Crippen molar-refractivity contribution < 1.29 is 13.5 Å². The largest absolute Gasteiger partial charge is 0.385 e. The van der Waals surface area contributed by atoms with Gasteiger partial charge >= 0.3 is 0 Å². The maximum atomic E-state index is 12.5. The number of piperidine rings is 1. The third-order valence-corrected chi connectivity index (χ3v) is 7.68. The van der Waals surface area contributed by atoms with Crippen molar-refractivity contribution in [2.75, 3.05) is 18.0 Å². The number of hydrogen-bond donors (Lipinski definition) is 1. The smallest absolute Gasteiger partial charge is 0.200 e. The maximum Gasteiger partial charge on any atom is 0.200 e. The molecule has 3 rings (SSSR count). The highest BCUT2D eigenvalue weighted by Gasteiger charge is 2.32. The fourth-order valence-electron chi connectivity index (χ4n) is 3.38. The summed E-state index contributed by atoms with van der Waals surface area (Å²) in [6, 6.07) is 3.41. The van der Waals surface area contributed by atoms with Gasteiger partial charge < -0.3 is 14.6 Å². The Labute approximate surface area is 161 Å². The van der Waals surface area contributed by atoms with E-state index < -0.39 is 20.7 Å². The Kier molecular flexibility index (Phi) is 5.31. The Hall–Kier alpha value is -1.93. The molecule has 3 heterocycles. The minimum atomic E-state index is -3.45. The molecule has 1 N–H and O–H groups in total. The van der Waals surface area contributed by atoms with Gasteiger partial charge in [0, 0.05) is 32.5 Å². The van der Waals surface area contributed by atoms with Gasteiger partial charge in [-0.25, -0.2) is 18.4 Å². The van der Waals surface area contributed by atoms with Crippen molar-refractivity contribution >= 4 is 15.5 Å². The van der Waals surface area contributed by atoms with Crippen molar-refractivity contribution in [2.45, 2.75) is 49.5 Å². The second-order valence-electron chi connectivity index (χ2n) is 8.14. The topological polar surface area (TPSA) is 88.3 Å². The van der Waals surface area contributed by atoms with Gasteiger partial charge in [0.2, 0.25) is 0 Å². The van der Waals surface area contributed by atoms with Gasteiger partial charge in [-0.1, -0.05) is 0 Å². The van der Waals surface area contributed by atoms with Crippen LogP contribution in [0.25, 0.3) is 0 Å². The number of hydrogen-bond acceptors (Lipinski definition) is 6. The highest BCUT2D eigenvalue weighted by Crippen LogP contribution is 2.32. The van der Waals surface area contributed by atoms with Gasteiger partial charge in [0.05, 0.1) is 16.6 Å². The summed E-state index contributed by atoms with van der Waals surface area (Å²) in [7, 11) is -1.56. The van der Waals surface area contributed by atoms with Gasteiger partial charge in [-0.2, -0.15) is 0 Å². The number of nitrogens with zero attached hydrogens (tertiary/aromatic N) is 4. The first-order valence-corrected chi connectivity index (χ1v) is 10.7. The second kappa shape index (κ2) is 7.24.